The van der Waals surface area contributed by atoms with E-state index in [1.807, 2.05) is 18.2 Å². The molecule has 0 fully saturated rings. The van der Waals surface area contributed by atoms with E-state index in [4.69, 9.17) is 15.9 Å². The van der Waals surface area contributed by atoms with E-state index in [0.29, 0.717) is 74.8 Å². The molecule has 0 saturated heterocycles. The zero-order chi connectivity index (χ0) is 41.6. The molecule has 0 unspecified atom stereocenters. The fourth-order valence-electron chi connectivity index (χ4n) is 7.17. The van der Waals surface area contributed by atoms with Crippen molar-refractivity contribution in [3.8, 4) is 47.5 Å². The SMILES string of the molecule is C#Cc1cc(C#Cc2cc(CO)c(OCCCCCCCCCCCC)c(CO)c2)cc(C#Cc2cc(CO)c(OCCCCCCCCCCCC)c(CO)c2)c1. The van der Waals surface area contributed by atoms with Gasteiger partial charge in [-0.2, -0.15) is 0 Å². The zero-order valence-corrected chi connectivity index (χ0v) is 35.6. The first-order chi connectivity index (χ1) is 28.5. The number of aliphatic hydroxyl groups excluding tert-OH is 4. The minimum Gasteiger partial charge on any atom is -0.493 e. The number of hydrogen-bond acceptors (Lipinski definition) is 6. The van der Waals surface area contributed by atoms with Gasteiger partial charge in [-0.15, -0.1) is 6.42 Å². The molecule has 0 spiro atoms. The summed E-state index contributed by atoms with van der Waals surface area (Å²) >= 11 is 0. The fraction of sp³-hybridized carbons (Fsp3) is 0.538. The number of unbranched alkanes of at least 4 members (excludes halogenated alkanes) is 18. The lowest BCUT2D eigenvalue weighted by atomic mass is 10.0. The fourth-order valence-corrected chi connectivity index (χ4v) is 7.17. The van der Waals surface area contributed by atoms with Crippen molar-refractivity contribution in [1.29, 1.82) is 0 Å². The van der Waals surface area contributed by atoms with E-state index < -0.39 is 0 Å². The standard InChI is InChI=1S/C52H70O6/c1-4-7-9-11-13-15-17-19-21-23-29-57-51-47(38-53)34-45(35-48(51)39-54)27-25-43-31-42(6-3)32-44(33-43)26-28-46-36-49(40-55)52(50(37-46)41-56)58-30-24-22-20-18-16-14-12-10-8-5-2/h3,31-37,53-56H,4-5,7-24,29-30,38-41H2,1-2H3. The van der Waals surface area contributed by atoms with Crippen LogP contribution < -0.4 is 9.47 Å². The van der Waals surface area contributed by atoms with E-state index in [0.717, 1.165) is 25.7 Å². The summed E-state index contributed by atoms with van der Waals surface area (Å²) in [4.78, 5) is 0. The molecule has 314 valence electrons. The maximum Gasteiger partial charge on any atom is 0.130 e. The van der Waals surface area contributed by atoms with Crippen molar-refractivity contribution in [2.24, 2.45) is 0 Å². The Labute approximate surface area is 350 Å². The lowest BCUT2D eigenvalue weighted by Gasteiger charge is -2.15. The minimum atomic E-state index is -0.231. The summed E-state index contributed by atoms with van der Waals surface area (Å²) in [5.41, 5.74) is 5.60. The first-order valence-corrected chi connectivity index (χ1v) is 22.2. The van der Waals surface area contributed by atoms with E-state index in [9.17, 15) is 20.4 Å². The number of hydrogen-bond donors (Lipinski definition) is 4. The van der Waals surface area contributed by atoms with E-state index in [1.165, 1.54) is 103 Å². The van der Waals surface area contributed by atoms with Gasteiger partial charge in [0.15, 0.2) is 0 Å². The molecule has 4 N–H and O–H groups in total. The van der Waals surface area contributed by atoms with Crippen molar-refractivity contribution >= 4 is 0 Å². The largest absolute Gasteiger partial charge is 0.493 e. The molecule has 0 radical (unpaired) electrons. The van der Waals surface area contributed by atoms with Crippen LogP contribution in [-0.4, -0.2) is 33.6 Å². The Kier molecular flexibility index (Phi) is 24.8. The summed E-state index contributed by atoms with van der Waals surface area (Å²) in [6.07, 6.45) is 30.6. The molecule has 6 heteroatoms. The van der Waals surface area contributed by atoms with Crippen molar-refractivity contribution < 1.29 is 29.9 Å². The lowest BCUT2D eigenvalue weighted by Crippen LogP contribution is -2.05. The van der Waals surface area contributed by atoms with E-state index in [2.05, 4.69) is 43.4 Å². The molecule has 0 amide bonds. The van der Waals surface area contributed by atoms with Gasteiger partial charge in [-0.25, -0.2) is 0 Å². The van der Waals surface area contributed by atoms with Crippen LogP contribution in [0.2, 0.25) is 0 Å². The average Bonchev–Trinajstić information content (AvgIpc) is 3.25. The van der Waals surface area contributed by atoms with Crippen molar-refractivity contribution in [1.82, 2.24) is 0 Å². The van der Waals surface area contributed by atoms with Crippen LogP contribution in [0.25, 0.3) is 0 Å². The van der Waals surface area contributed by atoms with Crippen molar-refractivity contribution in [2.45, 2.75) is 169 Å². The number of aliphatic hydroxyl groups is 4. The molecule has 0 aliphatic rings. The Morgan fingerprint density at radius 2 is 0.638 bits per heavy atom. The molecule has 6 nitrogen and oxygen atoms in total. The number of rotatable bonds is 28. The van der Waals surface area contributed by atoms with E-state index in [1.54, 1.807) is 24.3 Å². The molecular weight excluding hydrogens is 721 g/mol. The molecule has 3 rings (SSSR count). The van der Waals surface area contributed by atoms with Gasteiger partial charge in [0.05, 0.1) is 39.6 Å². The summed E-state index contributed by atoms with van der Waals surface area (Å²) < 4.78 is 12.2. The number of ether oxygens (including phenoxy) is 2. The third-order valence-corrected chi connectivity index (χ3v) is 10.5. The highest BCUT2D eigenvalue weighted by Crippen LogP contribution is 2.29. The van der Waals surface area contributed by atoms with Gasteiger partial charge >= 0.3 is 0 Å². The Balaban J connectivity index is 1.63. The smallest absolute Gasteiger partial charge is 0.130 e. The van der Waals surface area contributed by atoms with Gasteiger partial charge in [-0.1, -0.05) is 159 Å². The maximum atomic E-state index is 10.2. The van der Waals surface area contributed by atoms with Crippen LogP contribution in [0, 0.1) is 36.0 Å². The quantitative estimate of drug-likeness (QED) is 0.0432. The molecule has 0 aromatic heterocycles. The summed E-state index contributed by atoms with van der Waals surface area (Å²) in [6.45, 7) is 4.63. The monoisotopic (exact) mass is 791 g/mol. The first kappa shape index (κ1) is 48.2. The summed E-state index contributed by atoms with van der Waals surface area (Å²) in [5, 5.41) is 40.8. The molecule has 0 atom stereocenters. The van der Waals surface area contributed by atoms with Crippen LogP contribution in [-0.2, 0) is 26.4 Å². The molecule has 0 aliphatic carbocycles. The third kappa shape index (κ3) is 18.1. The van der Waals surface area contributed by atoms with Gasteiger partial charge in [0.25, 0.3) is 0 Å². The maximum absolute atomic E-state index is 10.2. The normalized spacial score (nSPS) is 10.7. The minimum absolute atomic E-state index is 0.231. The van der Waals surface area contributed by atoms with Crippen LogP contribution in [0.5, 0.6) is 11.5 Å². The highest BCUT2D eigenvalue weighted by molar-refractivity contribution is 5.56. The molecule has 58 heavy (non-hydrogen) atoms. The molecule has 0 bridgehead atoms. The van der Waals surface area contributed by atoms with E-state index in [-0.39, 0.29) is 26.4 Å². The number of benzene rings is 3. The predicted molar refractivity (Wildman–Crippen MR) is 238 cm³/mol. The van der Waals surface area contributed by atoms with Crippen molar-refractivity contribution in [2.75, 3.05) is 13.2 Å². The van der Waals surface area contributed by atoms with Crippen LogP contribution in [0.1, 0.15) is 192 Å². The molecule has 3 aromatic carbocycles. The second-order valence-corrected chi connectivity index (χ2v) is 15.4. The highest BCUT2D eigenvalue weighted by Gasteiger charge is 2.13. The van der Waals surface area contributed by atoms with Gasteiger partial charge in [0.2, 0.25) is 0 Å². The lowest BCUT2D eigenvalue weighted by molar-refractivity contribution is 0.243. The van der Waals surface area contributed by atoms with Crippen LogP contribution in [0.3, 0.4) is 0 Å². The topological polar surface area (TPSA) is 99.4 Å². The molecule has 0 saturated carbocycles. The zero-order valence-electron chi connectivity index (χ0n) is 35.6. The van der Waals surface area contributed by atoms with Gasteiger partial charge < -0.3 is 29.9 Å². The van der Waals surface area contributed by atoms with Crippen molar-refractivity contribution in [3.63, 3.8) is 0 Å². The van der Waals surface area contributed by atoms with Crippen molar-refractivity contribution in [3.05, 3.63) is 92.5 Å². The van der Waals surface area contributed by atoms with Gasteiger partial charge in [0, 0.05) is 50.1 Å². The first-order valence-electron chi connectivity index (χ1n) is 22.2. The summed E-state index contributed by atoms with van der Waals surface area (Å²) in [5.74, 6) is 16.4. The average molecular weight is 791 g/mol. The van der Waals surface area contributed by atoms with Crippen LogP contribution in [0.15, 0.2) is 42.5 Å². The molecule has 0 aliphatic heterocycles. The van der Waals surface area contributed by atoms with Gasteiger partial charge in [-0.05, 0) is 55.3 Å². The Bertz CT molecular complexity index is 1620. The molecule has 0 heterocycles. The Morgan fingerprint density at radius 3 is 0.914 bits per heavy atom. The third-order valence-electron chi connectivity index (χ3n) is 10.5. The summed E-state index contributed by atoms with van der Waals surface area (Å²) in [6, 6.07) is 12.7. The molecular formula is C52H70O6. The predicted octanol–water partition coefficient (Wildman–Crippen LogP) is 11.0. The second-order valence-electron chi connectivity index (χ2n) is 15.4. The number of terminal acetylenes is 1. The second kappa shape index (κ2) is 29.9. The summed E-state index contributed by atoms with van der Waals surface area (Å²) in [7, 11) is 0. The van der Waals surface area contributed by atoms with Gasteiger partial charge in [0.1, 0.15) is 11.5 Å². The van der Waals surface area contributed by atoms with Gasteiger partial charge in [-0.3, -0.25) is 0 Å². The van der Waals surface area contributed by atoms with E-state index >= 15 is 0 Å². The van der Waals surface area contributed by atoms with Crippen LogP contribution >= 0.6 is 0 Å². The Morgan fingerprint density at radius 1 is 0.379 bits per heavy atom. The highest BCUT2D eigenvalue weighted by atomic mass is 16.5. The Hall–Kier alpha value is -4.22. The molecule has 3 aromatic rings. The van der Waals surface area contributed by atoms with Crippen LogP contribution in [0.4, 0.5) is 0 Å².